The molecule has 258 valence electrons. The summed E-state index contributed by atoms with van der Waals surface area (Å²) in [6.07, 6.45) is -4.93. The third-order valence-corrected chi connectivity index (χ3v) is 7.30. The van der Waals surface area contributed by atoms with Gasteiger partial charge >= 0.3 is 12.1 Å². The van der Waals surface area contributed by atoms with Crippen LogP contribution in [0.1, 0.15) is 61.6 Å². The van der Waals surface area contributed by atoms with Gasteiger partial charge in [-0.3, -0.25) is 14.4 Å². The quantitative estimate of drug-likeness (QED) is 0.0918. The molecule has 0 fully saturated rings. The minimum Gasteiger partial charge on any atom is -0.483 e. The zero-order chi connectivity index (χ0) is 37.0. The van der Waals surface area contributed by atoms with Gasteiger partial charge in [0.2, 0.25) is 0 Å². The summed E-state index contributed by atoms with van der Waals surface area (Å²) >= 11 is 12.1. The number of carbonyl (C=O) groups is 4. The van der Waals surface area contributed by atoms with Crippen molar-refractivity contribution in [3.8, 4) is 17.6 Å². The minimum atomic E-state index is -4.93. The van der Waals surface area contributed by atoms with Gasteiger partial charge in [0.25, 0.3) is 11.8 Å². The van der Waals surface area contributed by atoms with E-state index in [1.54, 1.807) is 0 Å². The average Bonchev–Trinajstić information content (AvgIpc) is 3.04. The second-order valence-electron chi connectivity index (χ2n) is 11.0. The number of carboxylic acids is 1. The lowest BCUT2D eigenvalue weighted by molar-refractivity contribution is -0.137. The number of carboxylic acid groups (broad SMARTS) is 1. The summed E-state index contributed by atoms with van der Waals surface area (Å²) in [5.74, 6) is -1.06. The number of amides is 2. The van der Waals surface area contributed by atoms with E-state index < -0.39 is 69.7 Å². The van der Waals surface area contributed by atoms with Gasteiger partial charge < -0.3 is 20.5 Å². The van der Waals surface area contributed by atoms with Crippen LogP contribution in [0, 0.1) is 23.5 Å². The van der Waals surface area contributed by atoms with Crippen molar-refractivity contribution in [2.24, 2.45) is 0 Å². The number of nitrogens with one attached hydrogen (secondary N) is 2. The van der Waals surface area contributed by atoms with Gasteiger partial charge in [-0.2, -0.15) is 13.2 Å². The molecule has 0 saturated heterocycles. The van der Waals surface area contributed by atoms with Gasteiger partial charge in [-0.1, -0.05) is 41.1 Å². The molecule has 8 nitrogen and oxygen atoms in total. The highest BCUT2D eigenvalue weighted by molar-refractivity contribution is 6.34. The number of hydrogen-bond donors (Lipinski definition) is 3. The maximum absolute atomic E-state index is 15.2. The molecule has 4 aromatic rings. The SMILES string of the molecule is CC(C)(C#Cc1ccc(NC(=O)COc2ccc(Cl)cc2C(=O)c2cc(F)cc(C(F)(F)F)c2)c(Cl)c1F)NC(=O)c1cccc(C(=O)O)c1. The highest BCUT2D eigenvalue weighted by atomic mass is 35.5. The summed E-state index contributed by atoms with van der Waals surface area (Å²) in [6, 6.07) is 12.7. The molecule has 0 aromatic heterocycles. The van der Waals surface area contributed by atoms with Crippen molar-refractivity contribution < 1.29 is 51.0 Å². The number of carbonyl (C=O) groups excluding carboxylic acids is 3. The molecule has 0 heterocycles. The summed E-state index contributed by atoms with van der Waals surface area (Å²) in [7, 11) is 0. The lowest BCUT2D eigenvalue weighted by Crippen LogP contribution is -2.42. The van der Waals surface area contributed by atoms with Crippen LogP contribution in [0.2, 0.25) is 10.0 Å². The first kappa shape index (κ1) is 37.4. The Morgan fingerprint density at radius 3 is 2.26 bits per heavy atom. The normalized spacial score (nSPS) is 11.2. The molecular weight excluding hydrogens is 710 g/mol. The molecule has 2 amide bonds. The van der Waals surface area contributed by atoms with Gasteiger partial charge in [0, 0.05) is 16.1 Å². The fourth-order valence-electron chi connectivity index (χ4n) is 4.32. The van der Waals surface area contributed by atoms with E-state index in [0.717, 1.165) is 6.07 Å². The number of halogens is 7. The van der Waals surface area contributed by atoms with E-state index in [1.165, 1.54) is 62.4 Å². The topological polar surface area (TPSA) is 122 Å². The molecule has 0 aliphatic rings. The Bertz CT molecular complexity index is 2090. The fraction of sp³-hybridized carbons (Fsp3) is 0.143. The van der Waals surface area contributed by atoms with Gasteiger partial charge in [0.05, 0.1) is 33.5 Å². The molecule has 0 bridgehead atoms. The highest BCUT2D eigenvalue weighted by Gasteiger charge is 2.32. The molecule has 0 spiro atoms. The number of alkyl halides is 3. The number of rotatable bonds is 9. The van der Waals surface area contributed by atoms with Crippen LogP contribution in [0.15, 0.2) is 72.8 Å². The van der Waals surface area contributed by atoms with Crippen LogP contribution in [-0.4, -0.2) is 40.8 Å². The number of ketones is 1. The Hall–Kier alpha value is -5.45. The molecular formula is C35H23Cl2F5N2O6. The van der Waals surface area contributed by atoms with Gasteiger partial charge in [-0.05, 0) is 80.6 Å². The van der Waals surface area contributed by atoms with E-state index in [2.05, 4.69) is 22.5 Å². The summed E-state index contributed by atoms with van der Waals surface area (Å²) in [6.45, 7) is 2.29. The lowest BCUT2D eigenvalue weighted by atomic mass is 10.00. The van der Waals surface area contributed by atoms with E-state index in [9.17, 15) is 36.7 Å². The first-order chi connectivity index (χ1) is 23.3. The van der Waals surface area contributed by atoms with Crippen molar-refractivity contribution in [3.05, 3.63) is 128 Å². The monoisotopic (exact) mass is 732 g/mol. The molecule has 50 heavy (non-hydrogen) atoms. The largest absolute Gasteiger partial charge is 0.483 e. The summed E-state index contributed by atoms with van der Waals surface area (Å²) < 4.78 is 74.1. The number of benzene rings is 4. The fourth-order valence-corrected chi connectivity index (χ4v) is 4.71. The molecule has 0 aliphatic heterocycles. The maximum Gasteiger partial charge on any atom is 0.416 e. The Kier molecular flexibility index (Phi) is 11.2. The average molecular weight is 733 g/mol. The molecule has 0 radical (unpaired) electrons. The Labute approximate surface area is 291 Å². The third-order valence-electron chi connectivity index (χ3n) is 6.70. The van der Waals surface area contributed by atoms with Gasteiger partial charge in [0.15, 0.2) is 18.2 Å². The number of anilines is 1. The standard InChI is InChI=1S/C35H23Cl2F5N2O6/c1-34(2,44-32(47)19-4-3-5-20(12-19)33(48)49)11-10-18-6-8-26(29(37)30(18)39)43-28(45)17-50-27-9-7-23(36)16-25(27)31(46)21-13-22(35(40,41)42)15-24(38)14-21/h3-9,12-16H,17H2,1-2H3,(H,43,45)(H,44,47)(H,48,49). The minimum absolute atomic E-state index is 0.000613. The Morgan fingerprint density at radius 2 is 1.58 bits per heavy atom. The van der Waals surface area contributed by atoms with Gasteiger partial charge in [0.1, 0.15) is 16.6 Å². The molecule has 15 heteroatoms. The van der Waals surface area contributed by atoms with Crippen LogP contribution in [0.25, 0.3) is 0 Å². The summed E-state index contributed by atoms with van der Waals surface area (Å²) in [5.41, 5.74) is -3.98. The number of hydrogen-bond acceptors (Lipinski definition) is 5. The van der Waals surface area contributed by atoms with Crippen molar-refractivity contribution in [2.75, 3.05) is 11.9 Å². The van der Waals surface area contributed by atoms with E-state index in [0.29, 0.717) is 12.1 Å². The van der Waals surface area contributed by atoms with E-state index in [1.807, 2.05) is 0 Å². The van der Waals surface area contributed by atoms with Crippen molar-refractivity contribution in [2.45, 2.75) is 25.6 Å². The molecule has 0 saturated carbocycles. The van der Waals surface area contributed by atoms with Crippen LogP contribution in [0.4, 0.5) is 27.6 Å². The Morgan fingerprint density at radius 1 is 0.880 bits per heavy atom. The third kappa shape index (κ3) is 9.37. The maximum atomic E-state index is 15.2. The zero-order valence-electron chi connectivity index (χ0n) is 25.8. The predicted octanol–water partition coefficient (Wildman–Crippen LogP) is 7.80. The predicted molar refractivity (Wildman–Crippen MR) is 174 cm³/mol. The van der Waals surface area contributed by atoms with Crippen LogP contribution < -0.4 is 15.4 Å². The van der Waals surface area contributed by atoms with Crippen LogP contribution in [0.3, 0.4) is 0 Å². The molecule has 0 aliphatic carbocycles. The zero-order valence-corrected chi connectivity index (χ0v) is 27.3. The summed E-state index contributed by atoms with van der Waals surface area (Å²) in [5, 5.41) is 13.6. The number of ether oxygens (including phenoxy) is 1. The summed E-state index contributed by atoms with van der Waals surface area (Å²) in [4.78, 5) is 49.6. The van der Waals surface area contributed by atoms with Crippen LogP contribution in [-0.2, 0) is 11.0 Å². The van der Waals surface area contributed by atoms with E-state index in [4.69, 9.17) is 33.0 Å². The molecule has 4 rings (SSSR count). The van der Waals surface area contributed by atoms with E-state index in [-0.39, 0.29) is 44.8 Å². The van der Waals surface area contributed by atoms with E-state index >= 15 is 4.39 Å². The first-order valence-electron chi connectivity index (χ1n) is 14.2. The van der Waals surface area contributed by atoms with Crippen molar-refractivity contribution in [1.82, 2.24) is 5.32 Å². The molecule has 0 unspecified atom stereocenters. The smallest absolute Gasteiger partial charge is 0.416 e. The van der Waals surface area contributed by atoms with Crippen LogP contribution >= 0.6 is 23.2 Å². The molecule has 4 aromatic carbocycles. The van der Waals surface area contributed by atoms with Crippen molar-refractivity contribution >= 4 is 52.5 Å². The molecule has 0 atom stereocenters. The molecule has 3 N–H and O–H groups in total. The van der Waals surface area contributed by atoms with Gasteiger partial charge in [-0.25, -0.2) is 13.6 Å². The number of aromatic carboxylic acids is 1. The van der Waals surface area contributed by atoms with Crippen molar-refractivity contribution in [3.63, 3.8) is 0 Å². The second-order valence-corrected chi connectivity index (χ2v) is 11.9. The lowest BCUT2D eigenvalue weighted by Gasteiger charge is -2.20. The Balaban J connectivity index is 1.45. The highest BCUT2D eigenvalue weighted by Crippen LogP contribution is 2.33. The van der Waals surface area contributed by atoms with Crippen molar-refractivity contribution in [1.29, 1.82) is 0 Å². The first-order valence-corrected chi connectivity index (χ1v) is 14.9. The van der Waals surface area contributed by atoms with Gasteiger partial charge in [-0.15, -0.1) is 0 Å². The van der Waals surface area contributed by atoms with Crippen LogP contribution in [0.5, 0.6) is 5.75 Å². The second kappa shape index (κ2) is 15.0.